The molecule has 0 radical (unpaired) electrons. The van der Waals surface area contributed by atoms with Crippen LogP contribution < -0.4 is 28.5 Å². The number of benzene rings is 1. The molecular formula is C15H26IN. The van der Waals surface area contributed by atoms with Crippen LogP contribution in [0.2, 0.25) is 0 Å². The molecule has 0 amide bonds. The number of halogens is 1. The summed E-state index contributed by atoms with van der Waals surface area (Å²) < 4.78 is 1.17. The summed E-state index contributed by atoms with van der Waals surface area (Å²) >= 11 is 0. The highest BCUT2D eigenvalue weighted by molar-refractivity contribution is 5.42. The zero-order valence-corrected chi connectivity index (χ0v) is 13.6. The van der Waals surface area contributed by atoms with Gasteiger partial charge in [0, 0.05) is 0 Å². The van der Waals surface area contributed by atoms with E-state index < -0.39 is 0 Å². The molecule has 0 saturated carbocycles. The van der Waals surface area contributed by atoms with Gasteiger partial charge in [-0.1, -0.05) is 39.0 Å². The van der Waals surface area contributed by atoms with E-state index in [9.17, 15) is 0 Å². The summed E-state index contributed by atoms with van der Waals surface area (Å²) in [4.78, 5) is 0. The molecule has 0 aliphatic heterocycles. The monoisotopic (exact) mass is 347 g/mol. The quantitative estimate of drug-likeness (QED) is 0.514. The molecular weight excluding hydrogens is 321 g/mol. The summed E-state index contributed by atoms with van der Waals surface area (Å²) in [5.41, 5.74) is 1.49. The standard InChI is InChI=1S/C15H26N.HI/c1-4-12-16(13-5-2,14-6-3)15-10-8-7-9-11-15;/h7-11H,4-6,12-14H2,1-3H3;1H/q+1;/p-1. The molecule has 17 heavy (non-hydrogen) atoms. The highest BCUT2D eigenvalue weighted by Crippen LogP contribution is 2.24. The SMILES string of the molecule is CCC[N+](CCC)(CCC)c1ccccc1.[I-]. The molecule has 2 heteroatoms. The second-order valence-electron chi connectivity index (χ2n) is 4.65. The molecule has 1 nitrogen and oxygen atoms in total. The maximum atomic E-state index is 2.29. The highest BCUT2D eigenvalue weighted by Gasteiger charge is 2.27. The molecule has 0 atom stereocenters. The van der Waals surface area contributed by atoms with Gasteiger partial charge in [-0.2, -0.15) is 0 Å². The average Bonchev–Trinajstić information content (AvgIpc) is 2.31. The van der Waals surface area contributed by atoms with Gasteiger partial charge in [0.25, 0.3) is 0 Å². The van der Waals surface area contributed by atoms with Crippen LogP contribution in [0.3, 0.4) is 0 Å². The molecule has 98 valence electrons. The summed E-state index contributed by atoms with van der Waals surface area (Å²) in [5.74, 6) is 0. The summed E-state index contributed by atoms with van der Waals surface area (Å²) in [6.45, 7) is 10.7. The Labute approximate surface area is 124 Å². The number of quaternary nitrogens is 1. The zero-order valence-electron chi connectivity index (χ0n) is 11.5. The zero-order chi connectivity index (χ0) is 11.9. The number of para-hydroxylation sites is 1. The van der Waals surface area contributed by atoms with Crippen molar-refractivity contribution in [2.45, 2.75) is 40.0 Å². The fraction of sp³-hybridized carbons (Fsp3) is 0.600. The summed E-state index contributed by atoms with van der Waals surface area (Å²) in [6.07, 6.45) is 3.78. The molecule has 0 spiro atoms. The van der Waals surface area contributed by atoms with Crippen LogP contribution in [0, 0.1) is 0 Å². The predicted molar refractivity (Wildman–Crippen MR) is 73.7 cm³/mol. The van der Waals surface area contributed by atoms with E-state index in [1.54, 1.807) is 0 Å². The van der Waals surface area contributed by atoms with Crippen LogP contribution >= 0.6 is 0 Å². The van der Waals surface area contributed by atoms with Crippen molar-refractivity contribution < 1.29 is 24.0 Å². The van der Waals surface area contributed by atoms with Gasteiger partial charge in [0.1, 0.15) is 5.69 Å². The maximum absolute atomic E-state index is 2.29. The van der Waals surface area contributed by atoms with E-state index in [0.717, 1.165) is 0 Å². The molecule has 1 rings (SSSR count). The second-order valence-corrected chi connectivity index (χ2v) is 4.65. The first kappa shape index (κ1) is 16.9. The highest BCUT2D eigenvalue weighted by atomic mass is 127. The number of nitrogens with zero attached hydrogens (tertiary/aromatic N) is 1. The molecule has 0 heterocycles. The third-order valence-corrected chi connectivity index (χ3v) is 3.26. The van der Waals surface area contributed by atoms with Crippen LogP contribution in [0.4, 0.5) is 5.69 Å². The third kappa shape index (κ3) is 4.59. The van der Waals surface area contributed by atoms with E-state index in [-0.39, 0.29) is 24.0 Å². The molecule has 1 aromatic rings. The topological polar surface area (TPSA) is 0 Å². The third-order valence-electron chi connectivity index (χ3n) is 3.26. The van der Waals surface area contributed by atoms with Crippen molar-refractivity contribution in [2.75, 3.05) is 19.6 Å². The van der Waals surface area contributed by atoms with Gasteiger partial charge in [-0.3, -0.25) is 4.48 Å². The Bertz CT molecular complexity index is 267. The second kappa shape index (κ2) is 8.92. The fourth-order valence-corrected chi connectivity index (χ4v) is 2.75. The number of rotatable bonds is 7. The van der Waals surface area contributed by atoms with E-state index in [2.05, 4.69) is 51.1 Å². The predicted octanol–water partition coefficient (Wildman–Crippen LogP) is 1.23. The van der Waals surface area contributed by atoms with Crippen LogP contribution in [-0.2, 0) is 0 Å². The lowest BCUT2D eigenvalue weighted by molar-refractivity contribution is -0.00000357. The van der Waals surface area contributed by atoms with Gasteiger partial charge in [-0.15, -0.1) is 0 Å². The van der Waals surface area contributed by atoms with Crippen LogP contribution in [-0.4, -0.2) is 19.6 Å². The average molecular weight is 347 g/mol. The summed E-state index contributed by atoms with van der Waals surface area (Å²) in [7, 11) is 0. The van der Waals surface area contributed by atoms with E-state index in [1.807, 2.05) is 0 Å². The van der Waals surface area contributed by atoms with E-state index in [1.165, 1.54) is 49.1 Å². The maximum Gasteiger partial charge on any atom is 0.132 e. The summed E-state index contributed by atoms with van der Waals surface area (Å²) in [6, 6.07) is 11.0. The lowest BCUT2D eigenvalue weighted by Crippen LogP contribution is -3.00. The van der Waals surface area contributed by atoms with Gasteiger partial charge in [0.15, 0.2) is 0 Å². The van der Waals surface area contributed by atoms with Gasteiger partial charge >= 0.3 is 0 Å². The largest absolute Gasteiger partial charge is 1.00 e. The Morgan fingerprint density at radius 2 is 1.18 bits per heavy atom. The Morgan fingerprint density at radius 3 is 1.53 bits per heavy atom. The normalized spacial score (nSPS) is 11.0. The first-order valence-electron chi connectivity index (χ1n) is 6.70. The van der Waals surface area contributed by atoms with Crippen molar-refractivity contribution in [2.24, 2.45) is 0 Å². The number of hydrogen-bond donors (Lipinski definition) is 0. The van der Waals surface area contributed by atoms with Crippen LogP contribution in [0.15, 0.2) is 30.3 Å². The molecule has 0 aromatic heterocycles. The molecule has 0 bridgehead atoms. The van der Waals surface area contributed by atoms with Gasteiger partial charge in [0.2, 0.25) is 0 Å². The first-order valence-corrected chi connectivity index (χ1v) is 6.70. The van der Waals surface area contributed by atoms with Gasteiger partial charge in [-0.05, 0) is 31.4 Å². The lowest BCUT2D eigenvalue weighted by atomic mass is 10.1. The van der Waals surface area contributed by atoms with Crippen molar-refractivity contribution in [3.63, 3.8) is 0 Å². The van der Waals surface area contributed by atoms with Crippen LogP contribution in [0.25, 0.3) is 0 Å². The van der Waals surface area contributed by atoms with Crippen molar-refractivity contribution in [1.29, 1.82) is 0 Å². The Morgan fingerprint density at radius 1 is 0.765 bits per heavy atom. The van der Waals surface area contributed by atoms with Gasteiger partial charge < -0.3 is 24.0 Å². The minimum Gasteiger partial charge on any atom is -1.00 e. The van der Waals surface area contributed by atoms with Crippen LogP contribution in [0.5, 0.6) is 0 Å². The molecule has 0 aliphatic carbocycles. The molecule has 0 N–H and O–H groups in total. The van der Waals surface area contributed by atoms with Crippen LogP contribution in [0.1, 0.15) is 40.0 Å². The fourth-order valence-electron chi connectivity index (χ4n) is 2.75. The first-order chi connectivity index (χ1) is 7.79. The van der Waals surface area contributed by atoms with E-state index in [4.69, 9.17) is 0 Å². The van der Waals surface area contributed by atoms with Crippen molar-refractivity contribution >= 4 is 5.69 Å². The smallest absolute Gasteiger partial charge is 0.132 e. The number of hydrogen-bond acceptors (Lipinski definition) is 0. The molecule has 0 saturated heterocycles. The minimum absolute atomic E-state index is 0. The summed E-state index contributed by atoms with van der Waals surface area (Å²) in [5, 5.41) is 0. The molecule has 0 fully saturated rings. The molecule has 0 unspecified atom stereocenters. The molecule has 0 aliphatic rings. The van der Waals surface area contributed by atoms with Crippen molar-refractivity contribution in [3.05, 3.63) is 30.3 Å². The van der Waals surface area contributed by atoms with Crippen molar-refractivity contribution in [3.8, 4) is 0 Å². The Balaban J connectivity index is 0.00000256. The molecule has 1 aromatic carbocycles. The van der Waals surface area contributed by atoms with Gasteiger partial charge in [-0.25, -0.2) is 0 Å². The Hall–Kier alpha value is -0.0900. The lowest BCUT2D eigenvalue weighted by Gasteiger charge is -2.38. The van der Waals surface area contributed by atoms with E-state index in [0.29, 0.717) is 0 Å². The minimum atomic E-state index is 0. The van der Waals surface area contributed by atoms with Gasteiger partial charge in [0.05, 0.1) is 19.6 Å². The van der Waals surface area contributed by atoms with Crippen molar-refractivity contribution in [1.82, 2.24) is 4.48 Å². The van der Waals surface area contributed by atoms with E-state index >= 15 is 0 Å². The Kier molecular flexibility index (Phi) is 8.88.